The average Bonchev–Trinajstić information content (AvgIpc) is 2.18. The summed E-state index contributed by atoms with van der Waals surface area (Å²) >= 11 is 0. The predicted molar refractivity (Wildman–Crippen MR) is 62.5 cm³/mol. The van der Waals surface area contributed by atoms with E-state index in [0.29, 0.717) is 0 Å². The van der Waals surface area contributed by atoms with Crippen LogP contribution in [0, 0.1) is 0 Å². The number of urea groups is 1. The van der Waals surface area contributed by atoms with E-state index in [0.717, 1.165) is 11.0 Å². The number of hydrogen-bond acceptors (Lipinski definition) is 1. The number of rotatable bonds is 2. The molecule has 4 heteroatoms. The van der Waals surface area contributed by atoms with Crippen molar-refractivity contribution in [2.45, 2.75) is 13.0 Å². The summed E-state index contributed by atoms with van der Waals surface area (Å²) in [6.45, 7) is 1.94. The highest BCUT2D eigenvalue weighted by molar-refractivity contribution is 6.32. The zero-order chi connectivity index (χ0) is 11.4. The summed E-state index contributed by atoms with van der Waals surface area (Å²) in [7, 11) is 9.01. The van der Waals surface area contributed by atoms with E-state index in [1.807, 2.05) is 31.2 Å². The SMILES string of the molecule is [B]c1ccc(C(C)NC(=O)N(C)C)cc1. The van der Waals surface area contributed by atoms with Crippen LogP contribution in [-0.2, 0) is 0 Å². The monoisotopic (exact) mass is 202 g/mol. The van der Waals surface area contributed by atoms with Crippen molar-refractivity contribution in [3.63, 3.8) is 0 Å². The Balaban J connectivity index is 2.65. The molecule has 1 aromatic rings. The molecule has 15 heavy (non-hydrogen) atoms. The number of carbonyl (C=O) groups is 1. The molecule has 0 saturated carbocycles. The summed E-state index contributed by atoms with van der Waals surface area (Å²) in [5, 5.41) is 2.86. The number of hydrogen-bond donors (Lipinski definition) is 1. The van der Waals surface area contributed by atoms with Crippen molar-refractivity contribution in [3.8, 4) is 0 Å². The summed E-state index contributed by atoms with van der Waals surface area (Å²) in [6, 6.07) is 7.37. The maximum absolute atomic E-state index is 11.4. The summed E-state index contributed by atoms with van der Waals surface area (Å²) in [5.74, 6) is 0. The molecule has 0 aliphatic carbocycles. The molecular weight excluding hydrogens is 187 g/mol. The molecule has 2 radical (unpaired) electrons. The molecule has 0 spiro atoms. The van der Waals surface area contributed by atoms with E-state index in [9.17, 15) is 4.79 Å². The number of amides is 2. The van der Waals surface area contributed by atoms with Gasteiger partial charge in [-0.2, -0.15) is 0 Å². The van der Waals surface area contributed by atoms with Gasteiger partial charge in [0.25, 0.3) is 0 Å². The second kappa shape index (κ2) is 4.87. The highest BCUT2D eigenvalue weighted by atomic mass is 16.2. The van der Waals surface area contributed by atoms with Crippen LogP contribution >= 0.6 is 0 Å². The van der Waals surface area contributed by atoms with Gasteiger partial charge in [0, 0.05) is 14.1 Å². The van der Waals surface area contributed by atoms with Crippen LogP contribution in [0.25, 0.3) is 0 Å². The molecule has 0 heterocycles. The number of benzene rings is 1. The fourth-order valence-electron chi connectivity index (χ4n) is 1.18. The molecule has 0 aliphatic rings. The average molecular weight is 202 g/mol. The Morgan fingerprint density at radius 2 is 1.87 bits per heavy atom. The highest BCUT2D eigenvalue weighted by Gasteiger charge is 2.09. The van der Waals surface area contributed by atoms with Crippen molar-refractivity contribution in [1.82, 2.24) is 10.2 Å². The lowest BCUT2D eigenvalue weighted by atomic mass is 9.94. The van der Waals surface area contributed by atoms with E-state index in [2.05, 4.69) is 5.32 Å². The van der Waals surface area contributed by atoms with Gasteiger partial charge in [-0.25, -0.2) is 4.79 Å². The van der Waals surface area contributed by atoms with Crippen molar-refractivity contribution >= 4 is 19.3 Å². The molecule has 3 nitrogen and oxygen atoms in total. The second-order valence-electron chi connectivity index (χ2n) is 3.73. The standard InChI is InChI=1S/C11H15BN2O/c1-8(13-11(15)14(2)3)9-4-6-10(12)7-5-9/h4-8H,1-3H3,(H,13,15). The Bertz CT molecular complexity index is 335. The van der Waals surface area contributed by atoms with Gasteiger partial charge in [-0.15, -0.1) is 0 Å². The minimum Gasteiger partial charge on any atom is -0.331 e. The van der Waals surface area contributed by atoms with Crippen LogP contribution < -0.4 is 10.8 Å². The van der Waals surface area contributed by atoms with Crippen LogP contribution in [-0.4, -0.2) is 32.9 Å². The van der Waals surface area contributed by atoms with Crippen LogP contribution in [0.1, 0.15) is 18.5 Å². The van der Waals surface area contributed by atoms with Crippen molar-refractivity contribution < 1.29 is 4.79 Å². The van der Waals surface area contributed by atoms with Gasteiger partial charge in [0.1, 0.15) is 7.85 Å². The molecule has 0 bridgehead atoms. The van der Waals surface area contributed by atoms with Crippen molar-refractivity contribution in [2.75, 3.05) is 14.1 Å². The molecule has 1 unspecified atom stereocenters. The molecule has 2 amide bonds. The molecule has 0 saturated heterocycles. The lowest BCUT2D eigenvalue weighted by Crippen LogP contribution is -2.36. The van der Waals surface area contributed by atoms with E-state index in [-0.39, 0.29) is 12.1 Å². The minimum atomic E-state index is -0.0978. The van der Waals surface area contributed by atoms with Gasteiger partial charge in [-0.05, 0) is 12.5 Å². The second-order valence-corrected chi connectivity index (χ2v) is 3.73. The van der Waals surface area contributed by atoms with Crippen molar-refractivity contribution in [2.24, 2.45) is 0 Å². The number of nitrogens with one attached hydrogen (secondary N) is 1. The Labute approximate surface area is 91.9 Å². The predicted octanol–water partition coefficient (Wildman–Crippen LogP) is 0.813. The minimum absolute atomic E-state index is 0.0134. The quantitative estimate of drug-likeness (QED) is 0.707. The molecule has 1 atom stereocenters. The third-order valence-corrected chi connectivity index (χ3v) is 2.18. The van der Waals surface area contributed by atoms with Crippen LogP contribution in [0.15, 0.2) is 24.3 Å². The Morgan fingerprint density at radius 3 is 2.33 bits per heavy atom. The van der Waals surface area contributed by atoms with Gasteiger partial charge in [-0.3, -0.25) is 0 Å². The third-order valence-electron chi connectivity index (χ3n) is 2.18. The van der Waals surface area contributed by atoms with E-state index >= 15 is 0 Å². The molecule has 1 aromatic carbocycles. The van der Waals surface area contributed by atoms with E-state index in [1.165, 1.54) is 4.90 Å². The normalized spacial score (nSPS) is 11.9. The first-order valence-electron chi connectivity index (χ1n) is 4.84. The van der Waals surface area contributed by atoms with Crippen LogP contribution in [0.5, 0.6) is 0 Å². The Hall–Kier alpha value is -1.45. The first-order chi connectivity index (χ1) is 7.00. The van der Waals surface area contributed by atoms with Gasteiger partial charge < -0.3 is 10.2 Å². The topological polar surface area (TPSA) is 32.3 Å². The zero-order valence-electron chi connectivity index (χ0n) is 9.32. The fraction of sp³-hybridized carbons (Fsp3) is 0.364. The Morgan fingerprint density at radius 1 is 1.33 bits per heavy atom. The summed E-state index contributed by atoms with van der Waals surface area (Å²) in [5.41, 5.74) is 1.77. The largest absolute Gasteiger partial charge is 0.331 e. The van der Waals surface area contributed by atoms with E-state index in [1.54, 1.807) is 14.1 Å². The molecule has 0 aromatic heterocycles. The molecule has 78 valence electrons. The van der Waals surface area contributed by atoms with Crippen LogP contribution in [0.3, 0.4) is 0 Å². The van der Waals surface area contributed by atoms with E-state index in [4.69, 9.17) is 7.85 Å². The van der Waals surface area contributed by atoms with Gasteiger partial charge in [-0.1, -0.05) is 29.7 Å². The lowest BCUT2D eigenvalue weighted by molar-refractivity contribution is 0.214. The first-order valence-corrected chi connectivity index (χ1v) is 4.84. The van der Waals surface area contributed by atoms with Crippen molar-refractivity contribution in [3.05, 3.63) is 29.8 Å². The zero-order valence-corrected chi connectivity index (χ0v) is 9.32. The van der Waals surface area contributed by atoms with Gasteiger partial charge in [0.05, 0.1) is 6.04 Å². The first kappa shape index (κ1) is 11.6. The van der Waals surface area contributed by atoms with Crippen LogP contribution in [0.4, 0.5) is 4.79 Å². The molecule has 0 aliphatic heterocycles. The maximum atomic E-state index is 11.4. The van der Waals surface area contributed by atoms with Gasteiger partial charge in [0.15, 0.2) is 0 Å². The number of carbonyl (C=O) groups excluding carboxylic acids is 1. The molecule has 0 fully saturated rings. The smallest absolute Gasteiger partial charge is 0.317 e. The Kier molecular flexibility index (Phi) is 3.77. The number of nitrogens with zero attached hydrogens (tertiary/aromatic N) is 1. The van der Waals surface area contributed by atoms with Gasteiger partial charge in [0.2, 0.25) is 0 Å². The molecular formula is C11H15BN2O. The molecule has 1 rings (SSSR count). The van der Waals surface area contributed by atoms with Crippen molar-refractivity contribution in [1.29, 1.82) is 0 Å². The van der Waals surface area contributed by atoms with E-state index < -0.39 is 0 Å². The summed E-state index contributed by atoms with van der Waals surface area (Å²) in [4.78, 5) is 12.9. The summed E-state index contributed by atoms with van der Waals surface area (Å²) in [6.07, 6.45) is 0. The molecule has 1 N–H and O–H groups in total. The lowest BCUT2D eigenvalue weighted by Gasteiger charge is -2.18. The fourth-order valence-corrected chi connectivity index (χ4v) is 1.18. The summed E-state index contributed by atoms with van der Waals surface area (Å²) < 4.78 is 0. The van der Waals surface area contributed by atoms with Crippen LogP contribution in [0.2, 0.25) is 0 Å². The van der Waals surface area contributed by atoms with Gasteiger partial charge >= 0.3 is 6.03 Å². The third kappa shape index (κ3) is 3.31. The maximum Gasteiger partial charge on any atom is 0.317 e. The highest BCUT2D eigenvalue weighted by Crippen LogP contribution is 2.10.